The van der Waals surface area contributed by atoms with Gasteiger partial charge in [0.1, 0.15) is 6.10 Å². The number of pyridine rings is 1. The number of carbonyl (C=O) groups excluding carboxylic acids is 1. The molecule has 1 saturated heterocycles. The molecule has 144 valence electrons. The third-order valence-corrected chi connectivity index (χ3v) is 5.32. The van der Waals surface area contributed by atoms with Gasteiger partial charge in [0, 0.05) is 37.9 Å². The van der Waals surface area contributed by atoms with Crippen molar-refractivity contribution < 1.29 is 9.53 Å². The molecule has 1 aliphatic heterocycles. The van der Waals surface area contributed by atoms with Crippen LogP contribution in [-0.2, 0) is 6.54 Å². The minimum absolute atomic E-state index is 0.134. The van der Waals surface area contributed by atoms with E-state index in [0.29, 0.717) is 19.0 Å². The van der Waals surface area contributed by atoms with Crippen LogP contribution in [0.2, 0.25) is 0 Å². The van der Waals surface area contributed by atoms with Gasteiger partial charge in [-0.25, -0.2) is 9.78 Å². The van der Waals surface area contributed by atoms with Gasteiger partial charge in [-0.3, -0.25) is 0 Å². The van der Waals surface area contributed by atoms with Gasteiger partial charge < -0.3 is 20.3 Å². The Hall–Kier alpha value is -1.82. The number of aromatic nitrogens is 1. The van der Waals surface area contributed by atoms with E-state index in [1.807, 2.05) is 12.1 Å². The van der Waals surface area contributed by atoms with Crippen LogP contribution in [0, 0.1) is 5.92 Å². The molecule has 2 N–H and O–H groups in total. The van der Waals surface area contributed by atoms with Crippen molar-refractivity contribution in [2.24, 2.45) is 5.92 Å². The highest BCUT2D eigenvalue weighted by Crippen LogP contribution is 2.24. The molecule has 2 amide bonds. The summed E-state index contributed by atoms with van der Waals surface area (Å²) in [6.07, 6.45) is 9.24. The normalized spacial score (nSPS) is 21.5. The predicted molar refractivity (Wildman–Crippen MR) is 102 cm³/mol. The van der Waals surface area contributed by atoms with Crippen molar-refractivity contribution in [3.8, 4) is 5.88 Å². The maximum Gasteiger partial charge on any atom is 0.315 e. The number of likely N-dealkylation sites (tertiary alicyclic amines) is 1. The second-order valence-corrected chi connectivity index (χ2v) is 7.65. The summed E-state index contributed by atoms with van der Waals surface area (Å²) in [5.41, 5.74) is 0.930. The van der Waals surface area contributed by atoms with E-state index in [1.54, 1.807) is 6.20 Å². The number of urea groups is 1. The van der Waals surface area contributed by atoms with E-state index in [2.05, 4.69) is 27.4 Å². The number of rotatable bonds is 7. The van der Waals surface area contributed by atoms with Crippen molar-refractivity contribution in [3.63, 3.8) is 0 Å². The van der Waals surface area contributed by atoms with Gasteiger partial charge in [0.25, 0.3) is 0 Å². The lowest BCUT2D eigenvalue weighted by molar-refractivity contribution is 0.183. The van der Waals surface area contributed by atoms with Crippen LogP contribution in [0.15, 0.2) is 18.3 Å². The molecule has 1 saturated carbocycles. The number of nitrogens with one attached hydrogen (secondary N) is 2. The van der Waals surface area contributed by atoms with Gasteiger partial charge in [-0.2, -0.15) is 0 Å². The van der Waals surface area contributed by atoms with Crippen LogP contribution in [0.25, 0.3) is 0 Å². The zero-order valence-electron chi connectivity index (χ0n) is 15.9. The van der Waals surface area contributed by atoms with Gasteiger partial charge in [-0.05, 0) is 57.1 Å². The first kappa shape index (κ1) is 19.0. The number of hydrogen-bond acceptors (Lipinski definition) is 4. The number of piperidine rings is 1. The Morgan fingerprint density at radius 1 is 1.27 bits per heavy atom. The zero-order valence-corrected chi connectivity index (χ0v) is 15.9. The molecule has 1 aromatic rings. The monoisotopic (exact) mass is 360 g/mol. The molecule has 1 unspecified atom stereocenters. The Labute approximate surface area is 156 Å². The summed E-state index contributed by atoms with van der Waals surface area (Å²) in [7, 11) is 0. The average molecular weight is 361 g/mol. The average Bonchev–Trinajstić information content (AvgIpc) is 3.14. The van der Waals surface area contributed by atoms with Gasteiger partial charge in [-0.15, -0.1) is 0 Å². The Balaban J connectivity index is 1.38. The van der Waals surface area contributed by atoms with Gasteiger partial charge in [0.05, 0.1) is 0 Å². The summed E-state index contributed by atoms with van der Waals surface area (Å²) >= 11 is 0. The number of carbonyl (C=O) groups is 1. The second kappa shape index (κ2) is 9.76. The molecule has 0 aromatic carbocycles. The largest absolute Gasteiger partial charge is 0.474 e. The fraction of sp³-hybridized carbons (Fsp3) is 0.700. The summed E-state index contributed by atoms with van der Waals surface area (Å²) in [5, 5.41) is 5.88. The molecule has 2 fully saturated rings. The number of ether oxygens (including phenoxy) is 1. The lowest BCUT2D eigenvalue weighted by Gasteiger charge is -2.30. The van der Waals surface area contributed by atoms with Crippen LogP contribution in [-0.4, -0.2) is 48.2 Å². The Morgan fingerprint density at radius 3 is 2.92 bits per heavy atom. The van der Waals surface area contributed by atoms with Crippen LogP contribution in [0.4, 0.5) is 4.79 Å². The Bertz CT molecular complexity index is 575. The van der Waals surface area contributed by atoms with Crippen molar-refractivity contribution >= 4 is 6.03 Å². The van der Waals surface area contributed by atoms with Gasteiger partial charge in [0.15, 0.2) is 0 Å². The molecule has 1 aromatic heterocycles. The van der Waals surface area contributed by atoms with E-state index in [4.69, 9.17) is 4.74 Å². The van der Waals surface area contributed by atoms with Crippen molar-refractivity contribution in [2.45, 2.75) is 58.1 Å². The third-order valence-electron chi connectivity index (χ3n) is 5.32. The van der Waals surface area contributed by atoms with Crippen LogP contribution in [0.5, 0.6) is 5.88 Å². The van der Waals surface area contributed by atoms with E-state index in [9.17, 15) is 4.79 Å². The first-order valence-electron chi connectivity index (χ1n) is 10.1. The lowest BCUT2D eigenvalue weighted by Crippen LogP contribution is -2.42. The molecule has 2 aliphatic rings. The van der Waals surface area contributed by atoms with Gasteiger partial charge in [-0.1, -0.05) is 13.0 Å². The highest BCUT2D eigenvalue weighted by atomic mass is 16.5. The fourth-order valence-electron chi connectivity index (χ4n) is 3.88. The summed E-state index contributed by atoms with van der Waals surface area (Å²) in [5.74, 6) is 1.42. The van der Waals surface area contributed by atoms with Crippen molar-refractivity contribution in [2.75, 3.05) is 26.2 Å². The molecule has 0 spiro atoms. The minimum Gasteiger partial charge on any atom is -0.474 e. The van der Waals surface area contributed by atoms with Crippen LogP contribution >= 0.6 is 0 Å². The number of amides is 2. The molecule has 2 heterocycles. The van der Waals surface area contributed by atoms with E-state index >= 15 is 0 Å². The Kier molecular flexibility index (Phi) is 7.12. The molecule has 3 rings (SSSR count). The SMILES string of the molecule is CC1CCCN(CCNC(=O)NCc2cccnc2OC2CCCC2)C1. The molecular formula is C20H32N4O2. The summed E-state index contributed by atoms with van der Waals surface area (Å²) < 4.78 is 6.02. The van der Waals surface area contributed by atoms with Crippen LogP contribution in [0.3, 0.4) is 0 Å². The lowest BCUT2D eigenvalue weighted by atomic mass is 10.0. The van der Waals surface area contributed by atoms with Crippen LogP contribution in [0.1, 0.15) is 51.0 Å². The highest BCUT2D eigenvalue weighted by Gasteiger charge is 2.19. The first-order valence-corrected chi connectivity index (χ1v) is 10.1. The second-order valence-electron chi connectivity index (χ2n) is 7.65. The molecular weight excluding hydrogens is 328 g/mol. The van der Waals surface area contributed by atoms with E-state index in [0.717, 1.165) is 44.0 Å². The van der Waals surface area contributed by atoms with E-state index < -0.39 is 0 Å². The maximum absolute atomic E-state index is 12.1. The summed E-state index contributed by atoms with van der Waals surface area (Å²) in [6.45, 7) is 6.61. The summed E-state index contributed by atoms with van der Waals surface area (Å²) in [4.78, 5) is 18.9. The number of nitrogens with zero attached hydrogens (tertiary/aromatic N) is 2. The fourth-order valence-corrected chi connectivity index (χ4v) is 3.88. The van der Waals surface area contributed by atoms with Crippen molar-refractivity contribution in [3.05, 3.63) is 23.9 Å². The molecule has 6 heteroatoms. The first-order chi connectivity index (χ1) is 12.7. The van der Waals surface area contributed by atoms with Gasteiger partial charge >= 0.3 is 6.03 Å². The van der Waals surface area contributed by atoms with Crippen molar-refractivity contribution in [1.29, 1.82) is 0 Å². The molecule has 1 atom stereocenters. The molecule has 0 radical (unpaired) electrons. The molecule has 1 aliphatic carbocycles. The van der Waals surface area contributed by atoms with E-state index in [-0.39, 0.29) is 12.1 Å². The van der Waals surface area contributed by atoms with Crippen molar-refractivity contribution in [1.82, 2.24) is 20.5 Å². The molecule has 26 heavy (non-hydrogen) atoms. The van der Waals surface area contributed by atoms with E-state index in [1.165, 1.54) is 25.7 Å². The van der Waals surface area contributed by atoms with Crippen LogP contribution < -0.4 is 15.4 Å². The highest BCUT2D eigenvalue weighted by molar-refractivity contribution is 5.73. The topological polar surface area (TPSA) is 66.5 Å². The predicted octanol–water partition coefficient (Wildman–Crippen LogP) is 2.93. The Morgan fingerprint density at radius 2 is 2.12 bits per heavy atom. The quantitative estimate of drug-likeness (QED) is 0.785. The third kappa shape index (κ3) is 5.87. The maximum atomic E-state index is 12.1. The number of hydrogen-bond donors (Lipinski definition) is 2. The molecule has 0 bridgehead atoms. The molecule has 6 nitrogen and oxygen atoms in total. The zero-order chi connectivity index (χ0) is 18.2. The minimum atomic E-state index is -0.134. The van der Waals surface area contributed by atoms with Gasteiger partial charge in [0.2, 0.25) is 5.88 Å². The standard InChI is InChI=1S/C20H32N4O2/c1-16-6-5-12-24(15-16)13-11-22-20(25)23-14-17-7-4-10-21-19(17)26-18-8-2-3-9-18/h4,7,10,16,18H,2-3,5-6,8-9,11-15H2,1H3,(H2,22,23,25). The smallest absolute Gasteiger partial charge is 0.315 e. The summed E-state index contributed by atoms with van der Waals surface area (Å²) in [6, 6.07) is 3.71.